The zero-order chi connectivity index (χ0) is 17.8. The van der Waals surface area contributed by atoms with Gasteiger partial charge in [-0.15, -0.1) is 0 Å². The molecule has 2 aromatic carbocycles. The van der Waals surface area contributed by atoms with Crippen LogP contribution in [0, 0.1) is 6.92 Å². The van der Waals surface area contributed by atoms with Gasteiger partial charge in [-0.2, -0.15) is 0 Å². The molecule has 2 aromatic rings. The lowest BCUT2D eigenvalue weighted by atomic mass is 9.96. The van der Waals surface area contributed by atoms with Crippen molar-refractivity contribution in [2.45, 2.75) is 26.4 Å². The molecule has 1 heterocycles. The minimum Gasteiger partial charge on any atom is -0.495 e. The van der Waals surface area contributed by atoms with E-state index in [1.54, 1.807) is 12.0 Å². The van der Waals surface area contributed by atoms with Crippen LogP contribution in [-0.2, 0) is 22.6 Å². The molecule has 1 aliphatic heterocycles. The van der Waals surface area contributed by atoms with Crippen molar-refractivity contribution in [1.82, 2.24) is 0 Å². The molecule has 1 amide bonds. The molecule has 0 saturated carbocycles. The van der Waals surface area contributed by atoms with Gasteiger partial charge in [0.2, 0.25) is 0 Å². The molecule has 0 unspecified atom stereocenters. The lowest BCUT2D eigenvalue weighted by Crippen LogP contribution is -2.38. The number of amides is 1. The zero-order valence-corrected chi connectivity index (χ0v) is 15.3. The Balaban J connectivity index is 1.72. The maximum absolute atomic E-state index is 12.7. The van der Waals surface area contributed by atoms with Crippen LogP contribution in [0.3, 0.4) is 0 Å². The molecule has 3 rings (SSSR count). The quantitative estimate of drug-likeness (QED) is 0.804. The highest BCUT2D eigenvalue weighted by Crippen LogP contribution is 2.38. The number of carbonyl (C=O) groups excluding carboxylic acids is 1. The first-order valence-corrected chi connectivity index (χ1v) is 8.77. The van der Waals surface area contributed by atoms with Gasteiger partial charge in [0.05, 0.1) is 19.4 Å². The van der Waals surface area contributed by atoms with Crippen molar-refractivity contribution < 1.29 is 14.3 Å². The number of methoxy groups -OCH3 is 1. The van der Waals surface area contributed by atoms with Crippen LogP contribution in [0.2, 0.25) is 5.02 Å². The standard InChI is InChI=1S/C20H22ClNO3/c1-14-9-10-18(24-2)20-16(14)7-5-11-22(20)19(23)13-25-12-15-6-3-4-8-17(15)21/h3-4,6,8-10H,5,7,11-13H2,1-2H3. The summed E-state index contributed by atoms with van der Waals surface area (Å²) in [5, 5.41) is 0.649. The van der Waals surface area contributed by atoms with E-state index in [-0.39, 0.29) is 12.5 Å². The summed E-state index contributed by atoms with van der Waals surface area (Å²) in [6.07, 6.45) is 1.90. The van der Waals surface area contributed by atoms with Crippen LogP contribution in [0.25, 0.3) is 0 Å². The molecular formula is C20H22ClNO3. The van der Waals surface area contributed by atoms with Gasteiger partial charge in [0.25, 0.3) is 5.91 Å². The van der Waals surface area contributed by atoms with Crippen molar-refractivity contribution in [2.24, 2.45) is 0 Å². The summed E-state index contributed by atoms with van der Waals surface area (Å²) in [7, 11) is 1.64. The zero-order valence-electron chi connectivity index (χ0n) is 14.5. The summed E-state index contributed by atoms with van der Waals surface area (Å²) >= 11 is 6.12. The fourth-order valence-electron chi connectivity index (χ4n) is 3.21. The molecule has 0 atom stereocenters. The first kappa shape index (κ1) is 17.8. The van der Waals surface area contributed by atoms with Gasteiger partial charge in [0.1, 0.15) is 12.4 Å². The number of halogens is 1. The van der Waals surface area contributed by atoms with E-state index >= 15 is 0 Å². The van der Waals surface area contributed by atoms with Gasteiger partial charge < -0.3 is 14.4 Å². The molecule has 0 fully saturated rings. The molecule has 0 N–H and O–H groups in total. The van der Waals surface area contributed by atoms with Crippen molar-refractivity contribution in [1.29, 1.82) is 0 Å². The highest BCUT2D eigenvalue weighted by Gasteiger charge is 2.27. The second-order valence-corrected chi connectivity index (χ2v) is 6.55. The SMILES string of the molecule is COc1ccc(C)c2c1N(C(=O)COCc1ccccc1Cl)CCC2. The molecule has 0 radical (unpaired) electrons. The van der Waals surface area contributed by atoms with Gasteiger partial charge in [-0.05, 0) is 48.6 Å². The third-order valence-electron chi connectivity index (χ3n) is 4.52. The van der Waals surface area contributed by atoms with Crippen LogP contribution in [0.1, 0.15) is 23.1 Å². The number of nitrogens with zero attached hydrogens (tertiary/aromatic N) is 1. The van der Waals surface area contributed by atoms with E-state index in [0.717, 1.165) is 29.8 Å². The fraction of sp³-hybridized carbons (Fsp3) is 0.350. The second-order valence-electron chi connectivity index (χ2n) is 6.15. The largest absolute Gasteiger partial charge is 0.495 e. The minimum atomic E-state index is -0.0584. The normalized spacial score (nSPS) is 13.5. The first-order chi connectivity index (χ1) is 12.1. The van der Waals surface area contributed by atoms with Crippen LogP contribution in [0.15, 0.2) is 36.4 Å². The predicted molar refractivity (Wildman–Crippen MR) is 99.5 cm³/mol. The lowest BCUT2D eigenvalue weighted by molar-refractivity contribution is -0.123. The van der Waals surface area contributed by atoms with E-state index in [4.69, 9.17) is 21.1 Å². The summed E-state index contributed by atoms with van der Waals surface area (Å²) in [5.74, 6) is 0.677. The van der Waals surface area contributed by atoms with Gasteiger partial charge in [0, 0.05) is 11.6 Å². The molecule has 0 bridgehead atoms. The number of ether oxygens (including phenoxy) is 2. The Morgan fingerprint density at radius 1 is 1.24 bits per heavy atom. The van der Waals surface area contributed by atoms with Gasteiger partial charge in [-0.25, -0.2) is 0 Å². The van der Waals surface area contributed by atoms with Crippen LogP contribution < -0.4 is 9.64 Å². The van der Waals surface area contributed by atoms with E-state index in [9.17, 15) is 4.79 Å². The van der Waals surface area contributed by atoms with Gasteiger partial charge >= 0.3 is 0 Å². The molecule has 0 spiro atoms. The maximum Gasteiger partial charge on any atom is 0.253 e. The highest BCUT2D eigenvalue weighted by atomic mass is 35.5. The summed E-state index contributed by atoms with van der Waals surface area (Å²) < 4.78 is 11.1. The molecule has 5 heteroatoms. The Morgan fingerprint density at radius 3 is 2.80 bits per heavy atom. The Labute approximate surface area is 153 Å². The first-order valence-electron chi connectivity index (χ1n) is 8.39. The maximum atomic E-state index is 12.7. The molecule has 0 saturated heterocycles. The minimum absolute atomic E-state index is 0.0156. The van der Waals surface area contributed by atoms with Crippen LogP contribution in [-0.4, -0.2) is 26.2 Å². The number of carbonyl (C=O) groups is 1. The number of hydrogen-bond acceptors (Lipinski definition) is 3. The third-order valence-corrected chi connectivity index (χ3v) is 4.89. The number of anilines is 1. The molecule has 1 aliphatic rings. The summed E-state index contributed by atoms with van der Waals surface area (Å²) in [5.41, 5.74) is 4.14. The number of hydrogen-bond donors (Lipinski definition) is 0. The van der Waals surface area contributed by atoms with Gasteiger partial charge in [-0.1, -0.05) is 35.9 Å². The van der Waals surface area contributed by atoms with E-state index in [2.05, 4.69) is 6.92 Å². The van der Waals surface area contributed by atoms with Gasteiger partial charge in [0.15, 0.2) is 0 Å². The molecule has 132 valence electrons. The van der Waals surface area contributed by atoms with Crippen LogP contribution >= 0.6 is 11.6 Å². The van der Waals surface area contributed by atoms with Crippen molar-refractivity contribution in [3.05, 3.63) is 58.1 Å². The highest BCUT2D eigenvalue weighted by molar-refractivity contribution is 6.31. The average molecular weight is 360 g/mol. The number of fused-ring (bicyclic) bond motifs is 1. The number of rotatable bonds is 5. The number of aryl methyl sites for hydroxylation is 1. The van der Waals surface area contributed by atoms with Crippen molar-refractivity contribution in [3.8, 4) is 5.75 Å². The Bertz CT molecular complexity index is 776. The molecule has 4 nitrogen and oxygen atoms in total. The smallest absolute Gasteiger partial charge is 0.253 e. The van der Waals surface area contributed by atoms with Crippen LogP contribution in [0.4, 0.5) is 5.69 Å². The fourth-order valence-corrected chi connectivity index (χ4v) is 3.40. The molecular weight excluding hydrogens is 338 g/mol. The Kier molecular flexibility index (Phi) is 5.61. The third kappa shape index (κ3) is 3.80. The van der Waals surface area contributed by atoms with E-state index in [0.29, 0.717) is 18.2 Å². The van der Waals surface area contributed by atoms with E-state index in [1.807, 2.05) is 36.4 Å². The molecule has 0 aromatic heterocycles. The molecule has 0 aliphatic carbocycles. The van der Waals surface area contributed by atoms with Crippen molar-refractivity contribution >= 4 is 23.2 Å². The summed E-state index contributed by atoms with van der Waals surface area (Å²) in [6.45, 7) is 3.08. The van der Waals surface area contributed by atoms with Crippen molar-refractivity contribution in [3.63, 3.8) is 0 Å². The summed E-state index contributed by atoms with van der Waals surface area (Å²) in [6, 6.07) is 11.5. The second kappa shape index (κ2) is 7.89. The number of benzene rings is 2. The van der Waals surface area contributed by atoms with E-state index in [1.165, 1.54) is 11.1 Å². The topological polar surface area (TPSA) is 38.8 Å². The Morgan fingerprint density at radius 2 is 2.04 bits per heavy atom. The Hall–Kier alpha value is -2.04. The van der Waals surface area contributed by atoms with Gasteiger partial charge in [-0.3, -0.25) is 4.79 Å². The summed E-state index contributed by atoms with van der Waals surface area (Å²) in [4.78, 5) is 14.5. The monoisotopic (exact) mass is 359 g/mol. The predicted octanol–water partition coefficient (Wildman–Crippen LogP) is 4.15. The van der Waals surface area contributed by atoms with Crippen LogP contribution in [0.5, 0.6) is 5.75 Å². The van der Waals surface area contributed by atoms with Crippen molar-refractivity contribution in [2.75, 3.05) is 25.2 Å². The van der Waals surface area contributed by atoms with E-state index < -0.39 is 0 Å². The molecule has 25 heavy (non-hydrogen) atoms. The lowest BCUT2D eigenvalue weighted by Gasteiger charge is -2.32. The average Bonchev–Trinajstić information content (AvgIpc) is 2.63.